The van der Waals surface area contributed by atoms with Gasteiger partial charge in [-0.05, 0) is 52.7 Å². The van der Waals surface area contributed by atoms with E-state index in [1.165, 1.54) is 6.07 Å². The van der Waals surface area contributed by atoms with Crippen molar-refractivity contribution in [2.45, 2.75) is 19.9 Å². The predicted molar refractivity (Wildman–Crippen MR) is 97.3 cm³/mol. The van der Waals surface area contributed by atoms with Crippen molar-refractivity contribution in [3.8, 4) is 0 Å². The van der Waals surface area contributed by atoms with E-state index in [-0.39, 0.29) is 11.7 Å². The maximum Gasteiger partial charge on any atom is 0.251 e. The van der Waals surface area contributed by atoms with Crippen LogP contribution in [0.15, 0.2) is 40.2 Å². The largest absolute Gasteiger partial charge is 0.347 e. The molecule has 5 nitrogen and oxygen atoms in total. The van der Waals surface area contributed by atoms with Crippen LogP contribution in [0.2, 0.25) is 0 Å². The van der Waals surface area contributed by atoms with E-state index in [4.69, 9.17) is 0 Å². The Morgan fingerprint density at radius 2 is 2.04 bits per heavy atom. The Balaban J connectivity index is 2.02. The van der Waals surface area contributed by atoms with Gasteiger partial charge in [-0.3, -0.25) is 9.52 Å². The number of carbonyl (C=O) groups is 1. The lowest BCUT2D eigenvalue weighted by Gasteiger charge is -2.09. The van der Waals surface area contributed by atoms with Gasteiger partial charge in [-0.2, -0.15) is 0 Å². The van der Waals surface area contributed by atoms with Crippen LogP contribution >= 0.6 is 27.3 Å². The van der Waals surface area contributed by atoms with E-state index in [2.05, 4.69) is 26.0 Å². The Morgan fingerprint density at radius 3 is 2.70 bits per heavy atom. The van der Waals surface area contributed by atoms with E-state index in [9.17, 15) is 13.2 Å². The fourth-order valence-corrected chi connectivity index (χ4v) is 4.49. The Hall–Kier alpha value is -1.38. The number of amides is 1. The molecule has 0 atom stereocenters. The van der Waals surface area contributed by atoms with E-state index in [1.807, 2.05) is 12.1 Å². The topological polar surface area (TPSA) is 75.3 Å². The summed E-state index contributed by atoms with van der Waals surface area (Å²) in [5.41, 5.74) is 0.808. The van der Waals surface area contributed by atoms with Gasteiger partial charge in [-0.15, -0.1) is 11.3 Å². The second kappa shape index (κ2) is 7.94. The number of thiophene rings is 1. The van der Waals surface area contributed by atoms with Crippen LogP contribution in [-0.4, -0.2) is 20.1 Å². The number of sulfonamides is 1. The van der Waals surface area contributed by atoms with E-state index in [0.717, 1.165) is 8.66 Å². The summed E-state index contributed by atoms with van der Waals surface area (Å²) < 4.78 is 27.0. The van der Waals surface area contributed by atoms with Crippen LogP contribution in [0.3, 0.4) is 0 Å². The molecule has 2 rings (SSSR count). The van der Waals surface area contributed by atoms with Gasteiger partial charge in [0.15, 0.2) is 0 Å². The lowest BCUT2D eigenvalue weighted by atomic mass is 10.2. The first-order chi connectivity index (χ1) is 10.9. The minimum Gasteiger partial charge on any atom is -0.347 e. The number of nitrogens with one attached hydrogen (secondary N) is 2. The maximum absolute atomic E-state index is 12.2. The third-order valence-corrected chi connectivity index (χ3v) is 6.04. The highest BCUT2D eigenvalue weighted by Crippen LogP contribution is 2.22. The highest BCUT2D eigenvalue weighted by atomic mass is 79.9. The molecule has 0 saturated heterocycles. The van der Waals surface area contributed by atoms with Crippen molar-refractivity contribution >= 4 is 48.9 Å². The molecule has 0 aliphatic heterocycles. The van der Waals surface area contributed by atoms with Gasteiger partial charge in [-0.1, -0.05) is 13.0 Å². The molecular weight excluding hydrogens is 400 g/mol. The molecule has 0 spiro atoms. The first-order valence-electron chi connectivity index (χ1n) is 7.02. The van der Waals surface area contributed by atoms with Crippen molar-refractivity contribution in [2.24, 2.45) is 0 Å². The van der Waals surface area contributed by atoms with Gasteiger partial charge in [0.25, 0.3) is 5.91 Å². The molecule has 0 saturated carbocycles. The van der Waals surface area contributed by atoms with Crippen LogP contribution in [0.4, 0.5) is 5.69 Å². The molecule has 0 aliphatic carbocycles. The second-order valence-corrected chi connectivity index (χ2v) is 9.28. The minimum atomic E-state index is -3.36. The van der Waals surface area contributed by atoms with E-state index < -0.39 is 10.0 Å². The third-order valence-electron chi connectivity index (χ3n) is 2.92. The summed E-state index contributed by atoms with van der Waals surface area (Å²) in [6.07, 6.45) is 0.534. The molecule has 124 valence electrons. The van der Waals surface area contributed by atoms with Gasteiger partial charge in [0.2, 0.25) is 10.0 Å². The third kappa shape index (κ3) is 5.63. The standard InChI is InChI=1S/C15H17BrN2O3S2/c1-2-8-23(20,21)18-12-5-3-4-11(9-12)15(19)17-10-13-6-7-14(16)22-13/h3-7,9,18H,2,8,10H2,1H3,(H,17,19). The van der Waals surface area contributed by atoms with Crippen molar-refractivity contribution in [2.75, 3.05) is 10.5 Å². The molecule has 1 amide bonds. The lowest BCUT2D eigenvalue weighted by molar-refractivity contribution is 0.0951. The van der Waals surface area contributed by atoms with Gasteiger partial charge >= 0.3 is 0 Å². The number of anilines is 1. The number of benzene rings is 1. The molecular formula is C15H17BrN2O3S2. The summed E-state index contributed by atoms with van der Waals surface area (Å²) in [4.78, 5) is 13.2. The fourth-order valence-electron chi connectivity index (χ4n) is 1.94. The molecule has 0 fully saturated rings. The normalized spacial score (nSPS) is 11.2. The zero-order chi connectivity index (χ0) is 16.9. The van der Waals surface area contributed by atoms with Crippen LogP contribution in [0.5, 0.6) is 0 Å². The van der Waals surface area contributed by atoms with Crippen molar-refractivity contribution in [3.63, 3.8) is 0 Å². The molecule has 1 aromatic heterocycles. The fraction of sp³-hybridized carbons (Fsp3) is 0.267. The Morgan fingerprint density at radius 1 is 1.26 bits per heavy atom. The van der Waals surface area contributed by atoms with Gasteiger partial charge in [0.05, 0.1) is 16.1 Å². The van der Waals surface area contributed by atoms with E-state index >= 15 is 0 Å². The molecule has 1 heterocycles. The lowest BCUT2D eigenvalue weighted by Crippen LogP contribution is -2.22. The number of hydrogen-bond acceptors (Lipinski definition) is 4. The van der Waals surface area contributed by atoms with Crippen LogP contribution in [0.25, 0.3) is 0 Å². The Bertz CT molecular complexity index is 788. The average molecular weight is 417 g/mol. The monoisotopic (exact) mass is 416 g/mol. The molecule has 8 heteroatoms. The summed E-state index contributed by atoms with van der Waals surface area (Å²) in [6.45, 7) is 2.23. The first kappa shape index (κ1) is 18.0. The smallest absolute Gasteiger partial charge is 0.251 e. The summed E-state index contributed by atoms with van der Waals surface area (Å²) in [6, 6.07) is 10.3. The maximum atomic E-state index is 12.2. The highest BCUT2D eigenvalue weighted by molar-refractivity contribution is 9.11. The molecule has 0 aliphatic rings. The molecule has 0 unspecified atom stereocenters. The molecule has 2 aromatic rings. The van der Waals surface area contributed by atoms with Crippen LogP contribution in [0, 0.1) is 0 Å². The van der Waals surface area contributed by atoms with E-state index in [1.54, 1.807) is 36.5 Å². The Labute approximate surface area is 148 Å². The molecule has 2 N–H and O–H groups in total. The highest BCUT2D eigenvalue weighted by Gasteiger charge is 2.11. The van der Waals surface area contributed by atoms with Crippen molar-refractivity contribution < 1.29 is 13.2 Å². The first-order valence-corrected chi connectivity index (χ1v) is 10.3. The van der Waals surface area contributed by atoms with Crippen LogP contribution < -0.4 is 10.0 Å². The van der Waals surface area contributed by atoms with Crippen molar-refractivity contribution in [1.29, 1.82) is 0 Å². The number of rotatable bonds is 7. The van der Waals surface area contributed by atoms with Crippen LogP contribution in [-0.2, 0) is 16.6 Å². The summed E-state index contributed by atoms with van der Waals surface area (Å²) in [5.74, 6) is -0.192. The van der Waals surface area contributed by atoms with Crippen LogP contribution in [0.1, 0.15) is 28.6 Å². The molecule has 0 bridgehead atoms. The number of carbonyl (C=O) groups excluding carboxylic acids is 1. The molecule has 23 heavy (non-hydrogen) atoms. The van der Waals surface area contributed by atoms with Gasteiger partial charge in [0.1, 0.15) is 0 Å². The number of halogens is 1. The average Bonchev–Trinajstić information content (AvgIpc) is 2.90. The summed E-state index contributed by atoms with van der Waals surface area (Å²) >= 11 is 4.93. The van der Waals surface area contributed by atoms with Gasteiger partial charge < -0.3 is 5.32 Å². The SMILES string of the molecule is CCCS(=O)(=O)Nc1cccc(C(=O)NCc2ccc(Br)s2)c1. The zero-order valence-corrected chi connectivity index (χ0v) is 15.7. The summed E-state index contributed by atoms with van der Waals surface area (Å²) in [5, 5.41) is 2.82. The Kier molecular flexibility index (Phi) is 6.20. The number of hydrogen-bond donors (Lipinski definition) is 2. The quantitative estimate of drug-likeness (QED) is 0.723. The van der Waals surface area contributed by atoms with Crippen molar-refractivity contribution in [3.05, 3.63) is 50.6 Å². The van der Waals surface area contributed by atoms with Gasteiger partial charge in [0, 0.05) is 16.1 Å². The second-order valence-electron chi connectivity index (χ2n) is 4.89. The zero-order valence-electron chi connectivity index (χ0n) is 12.5. The summed E-state index contributed by atoms with van der Waals surface area (Å²) in [7, 11) is -3.36. The van der Waals surface area contributed by atoms with E-state index in [0.29, 0.717) is 24.2 Å². The van der Waals surface area contributed by atoms with Gasteiger partial charge in [-0.25, -0.2) is 8.42 Å². The molecule has 1 aromatic carbocycles. The van der Waals surface area contributed by atoms with Crippen molar-refractivity contribution in [1.82, 2.24) is 5.32 Å². The molecule has 0 radical (unpaired) electrons. The minimum absolute atomic E-state index is 0.0523. The predicted octanol–water partition coefficient (Wildman–Crippen LogP) is 3.59.